The lowest BCUT2D eigenvalue weighted by Gasteiger charge is -2.37. The minimum Gasteiger partial charge on any atom is -0.397 e. The summed E-state index contributed by atoms with van der Waals surface area (Å²) in [6.07, 6.45) is 0.590. The molecule has 2 unspecified atom stereocenters. The fourth-order valence-electron chi connectivity index (χ4n) is 2.25. The van der Waals surface area contributed by atoms with Crippen LogP contribution in [0, 0.1) is 0 Å². The molecule has 2 atom stereocenters. The van der Waals surface area contributed by atoms with Gasteiger partial charge >= 0.3 is 0 Å². The number of rotatable bonds is 3. The molecule has 0 radical (unpaired) electrons. The average molecular weight is 319 g/mol. The molecule has 1 aromatic rings. The van der Waals surface area contributed by atoms with E-state index in [0.29, 0.717) is 24.6 Å². The van der Waals surface area contributed by atoms with Crippen LogP contribution in [0.3, 0.4) is 0 Å². The number of morpholine rings is 1. The van der Waals surface area contributed by atoms with Crippen LogP contribution >= 0.6 is 11.6 Å². The number of ether oxygens (including phenoxy) is 1. The Kier molecular flexibility index (Phi) is 4.59. The number of nitrogens with two attached hydrogens (primary N) is 1. The summed E-state index contributed by atoms with van der Waals surface area (Å²) in [4.78, 5) is 0.173. The summed E-state index contributed by atoms with van der Waals surface area (Å²) < 4.78 is 32.5. The van der Waals surface area contributed by atoms with E-state index in [2.05, 4.69) is 0 Å². The highest BCUT2D eigenvalue weighted by Crippen LogP contribution is 2.28. The molecule has 1 fully saturated rings. The molecule has 1 aliphatic rings. The normalized spacial score (nSPS) is 24.8. The van der Waals surface area contributed by atoms with Crippen molar-refractivity contribution in [1.82, 2.24) is 4.31 Å². The van der Waals surface area contributed by atoms with E-state index in [1.165, 1.54) is 22.5 Å². The summed E-state index contributed by atoms with van der Waals surface area (Å²) in [6, 6.07) is 4.26. The van der Waals surface area contributed by atoms with Crippen LogP contribution in [0.25, 0.3) is 0 Å². The van der Waals surface area contributed by atoms with Gasteiger partial charge in [-0.05, 0) is 31.5 Å². The van der Waals surface area contributed by atoms with E-state index in [1.807, 2.05) is 13.8 Å². The molecule has 0 aliphatic carbocycles. The molecule has 2 N–H and O–H groups in total. The smallest absolute Gasteiger partial charge is 0.243 e. The van der Waals surface area contributed by atoms with Crippen LogP contribution < -0.4 is 5.73 Å². The lowest BCUT2D eigenvalue weighted by atomic mass is 10.2. The van der Waals surface area contributed by atoms with Gasteiger partial charge < -0.3 is 10.5 Å². The topological polar surface area (TPSA) is 72.6 Å². The van der Waals surface area contributed by atoms with Crippen molar-refractivity contribution < 1.29 is 13.2 Å². The van der Waals surface area contributed by atoms with Gasteiger partial charge in [-0.15, -0.1) is 0 Å². The molecule has 5 nitrogen and oxygen atoms in total. The zero-order valence-electron chi connectivity index (χ0n) is 11.5. The van der Waals surface area contributed by atoms with E-state index in [0.717, 1.165) is 0 Å². The summed E-state index contributed by atoms with van der Waals surface area (Å²) in [5.41, 5.74) is 5.97. The van der Waals surface area contributed by atoms with E-state index in [1.54, 1.807) is 0 Å². The van der Waals surface area contributed by atoms with E-state index < -0.39 is 10.0 Å². The van der Waals surface area contributed by atoms with E-state index in [-0.39, 0.29) is 22.7 Å². The lowest BCUT2D eigenvalue weighted by Crippen LogP contribution is -2.51. The quantitative estimate of drug-likeness (QED) is 0.866. The van der Waals surface area contributed by atoms with Gasteiger partial charge in [-0.3, -0.25) is 0 Å². The number of nitrogen functional groups attached to an aromatic ring is 1. The first-order chi connectivity index (χ1) is 9.36. The molecule has 0 aromatic heterocycles. The first kappa shape index (κ1) is 15.6. The molecule has 1 aromatic carbocycles. The summed E-state index contributed by atoms with van der Waals surface area (Å²) in [5.74, 6) is 0. The van der Waals surface area contributed by atoms with Crippen LogP contribution in [0.4, 0.5) is 5.69 Å². The highest BCUT2D eigenvalue weighted by atomic mass is 35.5. The summed E-state index contributed by atoms with van der Waals surface area (Å²) in [7, 11) is -3.58. The maximum Gasteiger partial charge on any atom is 0.243 e. The lowest BCUT2D eigenvalue weighted by molar-refractivity contribution is -0.0230. The van der Waals surface area contributed by atoms with Crippen LogP contribution in [0.2, 0.25) is 5.02 Å². The fourth-order valence-corrected chi connectivity index (χ4v) is 4.16. The number of halogens is 1. The predicted octanol–water partition coefficient (Wildman–Crippen LogP) is 2.11. The van der Waals surface area contributed by atoms with Crippen molar-refractivity contribution in [2.75, 3.05) is 18.9 Å². The van der Waals surface area contributed by atoms with Gasteiger partial charge in [-0.1, -0.05) is 18.5 Å². The first-order valence-corrected chi connectivity index (χ1v) is 8.36. The standard InChI is InChI=1S/C13H19ClN2O3S/c1-3-10-8-19-9(2)7-16(10)20(17,18)11-4-5-12(14)13(15)6-11/h4-6,9-10H,3,7-8,15H2,1-2H3. The third-order valence-electron chi connectivity index (χ3n) is 3.46. The van der Waals surface area contributed by atoms with Crippen molar-refractivity contribution in [3.63, 3.8) is 0 Å². The summed E-state index contributed by atoms with van der Waals surface area (Å²) in [6.45, 7) is 4.58. The molecular formula is C13H19ClN2O3S. The molecule has 1 saturated heterocycles. The molecule has 0 spiro atoms. The Hall–Kier alpha value is -0.820. The number of nitrogens with zero attached hydrogens (tertiary/aromatic N) is 1. The van der Waals surface area contributed by atoms with E-state index in [9.17, 15) is 8.42 Å². The highest BCUT2D eigenvalue weighted by Gasteiger charge is 2.35. The second kappa shape index (κ2) is 5.89. The van der Waals surface area contributed by atoms with Crippen LogP contribution in [-0.4, -0.2) is 38.0 Å². The van der Waals surface area contributed by atoms with E-state index >= 15 is 0 Å². The molecule has 1 aliphatic heterocycles. The third kappa shape index (κ3) is 2.93. The Balaban J connectivity index is 2.39. The molecule has 2 rings (SSSR count). The predicted molar refractivity (Wildman–Crippen MR) is 79.2 cm³/mol. The zero-order chi connectivity index (χ0) is 14.9. The fraction of sp³-hybridized carbons (Fsp3) is 0.538. The van der Waals surface area contributed by atoms with Crippen molar-refractivity contribution in [2.45, 2.75) is 37.3 Å². The van der Waals surface area contributed by atoms with Crippen molar-refractivity contribution in [3.05, 3.63) is 23.2 Å². The molecule has 7 heteroatoms. The van der Waals surface area contributed by atoms with Crippen molar-refractivity contribution in [1.29, 1.82) is 0 Å². The Morgan fingerprint density at radius 2 is 2.20 bits per heavy atom. The van der Waals surface area contributed by atoms with Gasteiger partial charge in [0.1, 0.15) is 0 Å². The Morgan fingerprint density at radius 3 is 2.80 bits per heavy atom. The zero-order valence-corrected chi connectivity index (χ0v) is 13.1. The largest absolute Gasteiger partial charge is 0.397 e. The maximum atomic E-state index is 12.7. The van der Waals surface area contributed by atoms with Gasteiger partial charge in [0.2, 0.25) is 10.0 Å². The molecule has 1 heterocycles. The molecule has 112 valence electrons. The van der Waals surface area contributed by atoms with Crippen LogP contribution in [0.5, 0.6) is 0 Å². The Morgan fingerprint density at radius 1 is 1.50 bits per heavy atom. The minimum atomic E-state index is -3.58. The Bertz CT molecular complexity index is 591. The van der Waals surface area contributed by atoms with Gasteiger partial charge in [0.25, 0.3) is 0 Å². The average Bonchev–Trinajstić information content (AvgIpc) is 2.41. The maximum absolute atomic E-state index is 12.7. The molecule has 20 heavy (non-hydrogen) atoms. The molecule has 0 saturated carbocycles. The number of sulfonamides is 1. The number of anilines is 1. The summed E-state index contributed by atoms with van der Waals surface area (Å²) >= 11 is 5.84. The molecule has 0 amide bonds. The van der Waals surface area contributed by atoms with Crippen LogP contribution in [0.15, 0.2) is 23.1 Å². The Labute approximate surface area is 124 Å². The SMILES string of the molecule is CCC1COC(C)CN1S(=O)(=O)c1ccc(Cl)c(N)c1. The molecular weight excluding hydrogens is 300 g/mol. The van der Waals surface area contributed by atoms with Gasteiger partial charge in [-0.2, -0.15) is 4.31 Å². The van der Waals surface area contributed by atoms with Crippen LogP contribution in [-0.2, 0) is 14.8 Å². The van der Waals surface area contributed by atoms with Gasteiger partial charge in [-0.25, -0.2) is 8.42 Å². The van der Waals surface area contributed by atoms with Gasteiger partial charge in [0, 0.05) is 12.6 Å². The monoisotopic (exact) mass is 318 g/mol. The number of hydrogen-bond acceptors (Lipinski definition) is 4. The second-order valence-corrected chi connectivity index (χ2v) is 7.26. The van der Waals surface area contributed by atoms with Crippen molar-refractivity contribution >= 4 is 27.3 Å². The minimum absolute atomic E-state index is 0.114. The van der Waals surface area contributed by atoms with Crippen molar-refractivity contribution in [3.8, 4) is 0 Å². The molecule has 0 bridgehead atoms. The first-order valence-electron chi connectivity index (χ1n) is 6.54. The van der Waals surface area contributed by atoms with Crippen molar-refractivity contribution in [2.24, 2.45) is 0 Å². The number of benzene rings is 1. The highest BCUT2D eigenvalue weighted by molar-refractivity contribution is 7.89. The van der Waals surface area contributed by atoms with E-state index in [4.69, 9.17) is 22.1 Å². The van der Waals surface area contributed by atoms with Gasteiger partial charge in [0.05, 0.1) is 28.3 Å². The van der Waals surface area contributed by atoms with Crippen LogP contribution in [0.1, 0.15) is 20.3 Å². The summed E-state index contributed by atoms with van der Waals surface area (Å²) in [5, 5.41) is 0.353. The number of hydrogen-bond donors (Lipinski definition) is 1. The second-order valence-electron chi connectivity index (χ2n) is 4.96. The van der Waals surface area contributed by atoms with Gasteiger partial charge in [0.15, 0.2) is 0 Å². The third-order valence-corrected chi connectivity index (χ3v) is 5.72.